The van der Waals surface area contributed by atoms with Gasteiger partial charge in [0.2, 0.25) is 0 Å². The first-order valence-corrected chi connectivity index (χ1v) is 3.89. The molecule has 0 saturated carbocycles. The van der Waals surface area contributed by atoms with Crippen LogP contribution in [-0.4, -0.2) is 0 Å². The first-order chi connectivity index (χ1) is 4.33. The Labute approximate surface area is 80.2 Å². The number of aryl methyl sites for hydroxylation is 1. The van der Waals surface area contributed by atoms with E-state index >= 15 is 0 Å². The van der Waals surface area contributed by atoms with E-state index in [0.29, 0.717) is 0 Å². The Hall–Kier alpha value is 0.0300. The maximum atomic E-state index is 10.3. The van der Waals surface area contributed by atoms with Gasteiger partial charge in [0, 0.05) is 5.30 Å². The normalized spacial score (nSPS) is 8.82. The van der Waals surface area contributed by atoms with E-state index in [1.807, 2.05) is 31.2 Å². The summed E-state index contributed by atoms with van der Waals surface area (Å²) >= 11 is 0. The molecule has 0 aliphatic rings. The Balaban J connectivity index is 0. The lowest BCUT2D eigenvalue weighted by Gasteiger charge is -1.89. The highest BCUT2D eigenvalue weighted by molar-refractivity contribution is 7.34. The topological polar surface area (TPSA) is 17.1 Å². The summed E-state index contributed by atoms with van der Waals surface area (Å²) < 4.78 is 10.3. The van der Waals surface area contributed by atoms with Crippen molar-refractivity contribution in [1.82, 2.24) is 0 Å². The third-order valence-corrected chi connectivity index (χ3v) is 1.87. The standard InChI is InChI=1S/C7H9OP.2ClH/c1-6-2-4-7(9-8)5-3-6;;/h2-5H,9H2,1H3;2*1H. The molecule has 1 aromatic rings. The molecule has 0 N–H and O–H groups in total. The van der Waals surface area contributed by atoms with E-state index in [-0.39, 0.29) is 24.8 Å². The average Bonchev–Trinajstić information content (AvgIpc) is 1.90. The zero-order chi connectivity index (χ0) is 6.69. The number of rotatable bonds is 1. The van der Waals surface area contributed by atoms with Crippen LogP contribution in [0.1, 0.15) is 5.56 Å². The summed E-state index contributed by atoms with van der Waals surface area (Å²) in [6.07, 6.45) is 0. The first kappa shape index (κ1) is 13.6. The molecule has 0 aliphatic heterocycles. The Morgan fingerprint density at radius 2 is 1.55 bits per heavy atom. The van der Waals surface area contributed by atoms with Gasteiger partial charge in [0.05, 0.1) is 8.46 Å². The maximum Gasteiger partial charge on any atom is 0.0921 e. The van der Waals surface area contributed by atoms with Crippen LogP contribution in [0, 0.1) is 6.92 Å². The summed E-state index contributed by atoms with van der Waals surface area (Å²) in [6, 6.07) is 7.75. The van der Waals surface area contributed by atoms with E-state index in [0.717, 1.165) is 5.30 Å². The van der Waals surface area contributed by atoms with Gasteiger partial charge in [-0.15, -0.1) is 24.8 Å². The van der Waals surface area contributed by atoms with E-state index in [2.05, 4.69) is 0 Å². The molecule has 64 valence electrons. The molecular weight excluding hydrogens is 202 g/mol. The molecule has 0 fully saturated rings. The molecule has 1 unspecified atom stereocenters. The van der Waals surface area contributed by atoms with Gasteiger partial charge in [-0.2, -0.15) is 0 Å². The summed E-state index contributed by atoms with van der Waals surface area (Å²) in [6.45, 7) is 2.02. The van der Waals surface area contributed by atoms with Crippen molar-refractivity contribution in [2.45, 2.75) is 6.92 Å². The molecule has 11 heavy (non-hydrogen) atoms. The summed E-state index contributed by atoms with van der Waals surface area (Å²) in [5, 5.41) is 0.945. The first-order valence-electron chi connectivity index (χ1n) is 2.85. The lowest BCUT2D eigenvalue weighted by molar-refractivity contribution is 0.603. The third kappa shape index (κ3) is 4.47. The molecule has 0 saturated heterocycles. The minimum Gasteiger partial charge on any atom is -0.325 e. The maximum absolute atomic E-state index is 10.3. The van der Waals surface area contributed by atoms with Crippen molar-refractivity contribution in [3.8, 4) is 0 Å². The zero-order valence-electron chi connectivity index (χ0n) is 6.11. The fourth-order valence-electron chi connectivity index (χ4n) is 0.645. The number of benzene rings is 1. The molecular formula is C7H11Cl2OP. The molecule has 0 aliphatic carbocycles. The van der Waals surface area contributed by atoms with Crippen LogP contribution in [-0.2, 0) is 4.57 Å². The van der Waals surface area contributed by atoms with Crippen LogP contribution in [0.4, 0.5) is 0 Å². The lowest BCUT2D eigenvalue weighted by atomic mass is 10.2. The van der Waals surface area contributed by atoms with Crippen molar-refractivity contribution in [2.75, 3.05) is 0 Å². The van der Waals surface area contributed by atoms with Gasteiger partial charge in [-0.05, 0) is 6.92 Å². The second-order valence-corrected chi connectivity index (χ2v) is 2.93. The van der Waals surface area contributed by atoms with E-state index < -0.39 is 8.46 Å². The van der Waals surface area contributed by atoms with Crippen molar-refractivity contribution in [3.63, 3.8) is 0 Å². The van der Waals surface area contributed by atoms with Crippen molar-refractivity contribution in [3.05, 3.63) is 29.8 Å². The Morgan fingerprint density at radius 3 is 1.91 bits per heavy atom. The van der Waals surface area contributed by atoms with Crippen LogP contribution >= 0.6 is 33.3 Å². The summed E-state index contributed by atoms with van der Waals surface area (Å²) in [4.78, 5) is 0. The van der Waals surface area contributed by atoms with Crippen LogP contribution in [0.15, 0.2) is 24.3 Å². The minimum absolute atomic E-state index is 0. The Morgan fingerprint density at radius 1 is 1.09 bits per heavy atom. The second kappa shape index (κ2) is 6.72. The van der Waals surface area contributed by atoms with Crippen molar-refractivity contribution < 1.29 is 4.57 Å². The van der Waals surface area contributed by atoms with Crippen molar-refractivity contribution >= 4 is 38.6 Å². The lowest BCUT2D eigenvalue weighted by Crippen LogP contribution is -1.87. The predicted octanol–water partition coefficient (Wildman–Crippen LogP) is 2.22. The fourth-order valence-corrected chi connectivity index (χ4v) is 0.995. The van der Waals surface area contributed by atoms with Gasteiger partial charge in [-0.3, -0.25) is 0 Å². The van der Waals surface area contributed by atoms with Gasteiger partial charge in [-0.25, -0.2) is 0 Å². The van der Waals surface area contributed by atoms with Gasteiger partial charge in [0.1, 0.15) is 0 Å². The van der Waals surface area contributed by atoms with Gasteiger partial charge in [-0.1, -0.05) is 29.8 Å². The quantitative estimate of drug-likeness (QED) is 0.653. The van der Waals surface area contributed by atoms with Gasteiger partial charge >= 0.3 is 0 Å². The number of halogens is 2. The highest BCUT2D eigenvalue weighted by Crippen LogP contribution is 1.98. The van der Waals surface area contributed by atoms with Crippen molar-refractivity contribution in [1.29, 1.82) is 0 Å². The number of hydrogen-bond donors (Lipinski definition) is 0. The Kier molecular flexibility index (Phi) is 8.32. The van der Waals surface area contributed by atoms with Crippen LogP contribution in [0.2, 0.25) is 0 Å². The van der Waals surface area contributed by atoms with Gasteiger partial charge in [0.15, 0.2) is 0 Å². The second-order valence-electron chi connectivity index (χ2n) is 2.03. The molecule has 0 bridgehead atoms. The monoisotopic (exact) mass is 212 g/mol. The minimum atomic E-state index is -0.749. The molecule has 1 rings (SSSR count). The molecule has 0 heterocycles. The molecule has 1 aromatic carbocycles. The van der Waals surface area contributed by atoms with Crippen LogP contribution in [0.5, 0.6) is 0 Å². The van der Waals surface area contributed by atoms with E-state index in [9.17, 15) is 4.57 Å². The summed E-state index contributed by atoms with van der Waals surface area (Å²) in [5.41, 5.74) is 1.21. The molecule has 1 nitrogen and oxygen atoms in total. The fraction of sp³-hybridized carbons (Fsp3) is 0.143. The molecule has 1 atom stereocenters. The van der Waals surface area contributed by atoms with Crippen molar-refractivity contribution in [2.24, 2.45) is 0 Å². The SMILES string of the molecule is Cc1ccc([PH2]=O)cc1.Cl.Cl. The highest BCUT2D eigenvalue weighted by Gasteiger charge is 1.84. The van der Waals surface area contributed by atoms with Gasteiger partial charge < -0.3 is 4.57 Å². The molecule has 0 spiro atoms. The Bertz CT molecular complexity index is 210. The zero-order valence-corrected chi connectivity index (χ0v) is 8.90. The molecule has 0 radical (unpaired) electrons. The highest BCUT2D eigenvalue weighted by atomic mass is 35.5. The average molecular weight is 213 g/mol. The van der Waals surface area contributed by atoms with Gasteiger partial charge in [0.25, 0.3) is 0 Å². The summed E-state index contributed by atoms with van der Waals surface area (Å²) in [7, 11) is -0.749. The predicted molar refractivity (Wildman–Crippen MR) is 55.7 cm³/mol. The van der Waals surface area contributed by atoms with E-state index in [4.69, 9.17) is 0 Å². The van der Waals surface area contributed by atoms with Crippen LogP contribution < -0.4 is 5.30 Å². The molecule has 0 amide bonds. The number of hydrogen-bond acceptors (Lipinski definition) is 1. The van der Waals surface area contributed by atoms with Crippen LogP contribution in [0.25, 0.3) is 0 Å². The van der Waals surface area contributed by atoms with E-state index in [1.165, 1.54) is 5.56 Å². The largest absolute Gasteiger partial charge is 0.325 e. The molecule has 4 heteroatoms. The third-order valence-electron chi connectivity index (χ3n) is 1.21. The van der Waals surface area contributed by atoms with E-state index in [1.54, 1.807) is 0 Å². The molecule has 0 aromatic heterocycles. The summed E-state index contributed by atoms with van der Waals surface area (Å²) in [5.74, 6) is 0. The van der Waals surface area contributed by atoms with Crippen LogP contribution in [0.3, 0.4) is 0 Å². The smallest absolute Gasteiger partial charge is 0.0921 e.